The molecule has 0 aliphatic heterocycles. The standard InChI is InChI=1S/C8H5Cl2N/c9-7-3-1-2-6(4-7)8(10)5-11/h1-4,8H. The summed E-state index contributed by atoms with van der Waals surface area (Å²) >= 11 is 11.3. The average molecular weight is 186 g/mol. The normalized spacial score (nSPS) is 12.1. The van der Waals surface area contributed by atoms with Crippen LogP contribution in [0.15, 0.2) is 24.3 Å². The van der Waals surface area contributed by atoms with Gasteiger partial charge in [0.25, 0.3) is 0 Å². The summed E-state index contributed by atoms with van der Waals surface area (Å²) < 4.78 is 0. The van der Waals surface area contributed by atoms with Crippen molar-refractivity contribution in [3.05, 3.63) is 34.9 Å². The summed E-state index contributed by atoms with van der Waals surface area (Å²) in [5, 5.41) is 8.45. The summed E-state index contributed by atoms with van der Waals surface area (Å²) in [6, 6.07) is 8.88. The molecule has 0 N–H and O–H groups in total. The third-order valence-electron chi connectivity index (χ3n) is 1.25. The van der Waals surface area contributed by atoms with Gasteiger partial charge in [0, 0.05) is 5.02 Å². The molecular weight excluding hydrogens is 181 g/mol. The van der Waals surface area contributed by atoms with Crippen molar-refractivity contribution < 1.29 is 0 Å². The van der Waals surface area contributed by atoms with Gasteiger partial charge < -0.3 is 0 Å². The number of rotatable bonds is 1. The maximum absolute atomic E-state index is 8.45. The second-order valence-electron chi connectivity index (χ2n) is 2.05. The molecule has 1 atom stereocenters. The highest BCUT2D eigenvalue weighted by molar-refractivity contribution is 6.30. The lowest BCUT2D eigenvalue weighted by Crippen LogP contribution is -1.84. The van der Waals surface area contributed by atoms with Crippen LogP contribution in [0, 0.1) is 11.3 Å². The Bertz CT molecular complexity index is 290. The molecule has 1 rings (SSSR count). The van der Waals surface area contributed by atoms with Gasteiger partial charge in [-0.3, -0.25) is 0 Å². The molecule has 0 aromatic heterocycles. The van der Waals surface area contributed by atoms with E-state index in [9.17, 15) is 0 Å². The predicted molar refractivity (Wildman–Crippen MR) is 45.7 cm³/mol. The van der Waals surface area contributed by atoms with Crippen molar-refractivity contribution in [3.8, 4) is 6.07 Å². The summed E-state index contributed by atoms with van der Waals surface area (Å²) in [6.07, 6.45) is 0. The maximum atomic E-state index is 8.45. The number of nitrogens with zero attached hydrogens (tertiary/aromatic N) is 1. The molecule has 56 valence electrons. The molecule has 0 spiro atoms. The summed E-state index contributed by atoms with van der Waals surface area (Å²) in [6.45, 7) is 0. The van der Waals surface area contributed by atoms with E-state index < -0.39 is 5.38 Å². The topological polar surface area (TPSA) is 23.8 Å². The minimum absolute atomic E-state index is 0.600. The molecule has 1 aromatic carbocycles. The first-order chi connectivity index (χ1) is 5.24. The van der Waals surface area contributed by atoms with Crippen molar-refractivity contribution in [1.82, 2.24) is 0 Å². The van der Waals surface area contributed by atoms with E-state index in [1.54, 1.807) is 24.3 Å². The summed E-state index contributed by atoms with van der Waals surface area (Å²) in [5.41, 5.74) is 0.738. The second-order valence-corrected chi connectivity index (χ2v) is 2.92. The van der Waals surface area contributed by atoms with Crippen LogP contribution < -0.4 is 0 Å². The lowest BCUT2D eigenvalue weighted by molar-refractivity contribution is 1.21. The van der Waals surface area contributed by atoms with Crippen LogP contribution in [0.3, 0.4) is 0 Å². The second kappa shape index (κ2) is 3.61. The Morgan fingerprint density at radius 2 is 2.18 bits per heavy atom. The SMILES string of the molecule is N#CC(Cl)c1cccc(Cl)c1. The lowest BCUT2D eigenvalue weighted by atomic mass is 10.2. The van der Waals surface area contributed by atoms with Gasteiger partial charge in [0.15, 0.2) is 0 Å². The number of alkyl halides is 1. The highest BCUT2D eigenvalue weighted by Gasteiger charge is 2.04. The van der Waals surface area contributed by atoms with Gasteiger partial charge in [-0.25, -0.2) is 0 Å². The monoisotopic (exact) mass is 185 g/mol. The molecule has 1 unspecified atom stereocenters. The van der Waals surface area contributed by atoms with E-state index in [0.29, 0.717) is 5.02 Å². The Kier molecular flexibility index (Phi) is 2.76. The molecule has 1 nitrogen and oxygen atoms in total. The highest BCUT2D eigenvalue weighted by atomic mass is 35.5. The fourth-order valence-corrected chi connectivity index (χ4v) is 1.07. The molecule has 0 fully saturated rings. The van der Waals surface area contributed by atoms with Crippen LogP contribution in [0.4, 0.5) is 0 Å². The number of hydrogen-bond donors (Lipinski definition) is 0. The zero-order valence-electron chi connectivity index (χ0n) is 5.59. The van der Waals surface area contributed by atoms with Crippen LogP contribution in [-0.4, -0.2) is 0 Å². The molecular formula is C8H5Cl2N. The van der Waals surface area contributed by atoms with E-state index in [1.807, 2.05) is 6.07 Å². The van der Waals surface area contributed by atoms with Gasteiger partial charge in [0.05, 0.1) is 6.07 Å². The fourth-order valence-electron chi connectivity index (χ4n) is 0.739. The third-order valence-corrected chi connectivity index (χ3v) is 1.84. The Hall–Kier alpha value is -0.710. The largest absolute Gasteiger partial charge is 0.196 e. The lowest BCUT2D eigenvalue weighted by Gasteiger charge is -1.99. The smallest absolute Gasteiger partial charge is 0.145 e. The number of nitriles is 1. The van der Waals surface area contributed by atoms with E-state index in [1.165, 1.54) is 0 Å². The molecule has 0 saturated heterocycles. The molecule has 11 heavy (non-hydrogen) atoms. The van der Waals surface area contributed by atoms with Crippen molar-refractivity contribution >= 4 is 23.2 Å². The van der Waals surface area contributed by atoms with Gasteiger partial charge >= 0.3 is 0 Å². The van der Waals surface area contributed by atoms with E-state index in [-0.39, 0.29) is 0 Å². The Morgan fingerprint density at radius 1 is 1.45 bits per heavy atom. The van der Waals surface area contributed by atoms with Gasteiger partial charge in [-0.15, -0.1) is 11.6 Å². The fraction of sp³-hybridized carbons (Fsp3) is 0.125. The summed E-state index contributed by atoms with van der Waals surface area (Å²) in [7, 11) is 0. The maximum Gasteiger partial charge on any atom is 0.145 e. The molecule has 0 aliphatic rings. The van der Waals surface area contributed by atoms with Crippen LogP contribution in [0.5, 0.6) is 0 Å². The van der Waals surface area contributed by atoms with Crippen LogP contribution >= 0.6 is 23.2 Å². The van der Waals surface area contributed by atoms with Gasteiger partial charge in [0.1, 0.15) is 5.38 Å². The van der Waals surface area contributed by atoms with Crippen LogP contribution in [0.2, 0.25) is 5.02 Å². The predicted octanol–water partition coefficient (Wildman–Crippen LogP) is 3.14. The van der Waals surface area contributed by atoms with Crippen molar-refractivity contribution in [2.75, 3.05) is 0 Å². The average Bonchev–Trinajstić information content (AvgIpc) is 2.03. The first-order valence-corrected chi connectivity index (χ1v) is 3.84. The number of benzene rings is 1. The quantitative estimate of drug-likeness (QED) is 0.618. The van der Waals surface area contributed by atoms with E-state index in [0.717, 1.165) is 5.56 Å². The molecule has 0 amide bonds. The first-order valence-electron chi connectivity index (χ1n) is 3.03. The van der Waals surface area contributed by atoms with Crippen LogP contribution in [0.1, 0.15) is 10.9 Å². The van der Waals surface area contributed by atoms with Crippen molar-refractivity contribution in [1.29, 1.82) is 5.26 Å². The molecule has 1 aromatic rings. The van der Waals surface area contributed by atoms with Gasteiger partial charge in [0.2, 0.25) is 0 Å². The molecule has 0 heterocycles. The van der Waals surface area contributed by atoms with Gasteiger partial charge in [-0.1, -0.05) is 23.7 Å². The zero-order valence-corrected chi connectivity index (χ0v) is 7.10. The third kappa shape index (κ3) is 2.11. The van der Waals surface area contributed by atoms with E-state index in [4.69, 9.17) is 28.5 Å². The minimum atomic E-state index is -0.603. The summed E-state index contributed by atoms with van der Waals surface area (Å²) in [4.78, 5) is 0. The first kappa shape index (κ1) is 8.39. The summed E-state index contributed by atoms with van der Waals surface area (Å²) in [5.74, 6) is 0. The minimum Gasteiger partial charge on any atom is -0.196 e. The zero-order chi connectivity index (χ0) is 8.27. The number of hydrogen-bond acceptors (Lipinski definition) is 1. The highest BCUT2D eigenvalue weighted by Crippen LogP contribution is 2.21. The molecule has 0 radical (unpaired) electrons. The van der Waals surface area contributed by atoms with Gasteiger partial charge in [-0.05, 0) is 17.7 Å². The van der Waals surface area contributed by atoms with Crippen LogP contribution in [-0.2, 0) is 0 Å². The van der Waals surface area contributed by atoms with Crippen molar-refractivity contribution in [2.45, 2.75) is 5.38 Å². The van der Waals surface area contributed by atoms with E-state index in [2.05, 4.69) is 0 Å². The van der Waals surface area contributed by atoms with E-state index >= 15 is 0 Å². The molecule has 0 aliphatic carbocycles. The Balaban J connectivity index is 2.98. The van der Waals surface area contributed by atoms with Gasteiger partial charge in [-0.2, -0.15) is 5.26 Å². The number of halogens is 2. The molecule has 0 saturated carbocycles. The van der Waals surface area contributed by atoms with Crippen LogP contribution in [0.25, 0.3) is 0 Å². The Morgan fingerprint density at radius 3 is 2.73 bits per heavy atom. The van der Waals surface area contributed by atoms with Crippen molar-refractivity contribution in [3.63, 3.8) is 0 Å². The van der Waals surface area contributed by atoms with Crippen molar-refractivity contribution in [2.24, 2.45) is 0 Å². The molecule has 0 bridgehead atoms. The molecule has 3 heteroatoms. The Labute approximate surface area is 75.2 Å².